The molecule has 2 aromatic rings. The van der Waals surface area contributed by atoms with Crippen LogP contribution in [0.2, 0.25) is 0 Å². The molecule has 0 radical (unpaired) electrons. The highest BCUT2D eigenvalue weighted by Crippen LogP contribution is 2.34. The topological polar surface area (TPSA) is 54.0 Å². The maximum absolute atomic E-state index is 11.9. The molecule has 0 N–H and O–H groups in total. The van der Waals surface area contributed by atoms with Gasteiger partial charge in [-0.25, -0.2) is 0 Å². The van der Waals surface area contributed by atoms with Gasteiger partial charge in [-0.05, 0) is 16.9 Å². The molecule has 5 nitrogen and oxygen atoms in total. The van der Waals surface area contributed by atoms with Gasteiger partial charge in [0.15, 0.2) is 6.10 Å². The van der Waals surface area contributed by atoms with Gasteiger partial charge in [-0.15, -0.1) is 23.4 Å². The lowest BCUT2D eigenvalue weighted by molar-refractivity contribution is -0.153. The van der Waals surface area contributed by atoms with E-state index in [1.165, 1.54) is 0 Å². The second-order valence-electron chi connectivity index (χ2n) is 6.85. The molecule has 2 aromatic carbocycles. The minimum Gasteiger partial charge on any atom is -0.455 e. The third-order valence-electron chi connectivity index (χ3n) is 4.65. The summed E-state index contributed by atoms with van der Waals surface area (Å²) in [6.07, 6.45) is -1.35. The first-order chi connectivity index (χ1) is 14.7. The average molecular weight is 451 g/mol. The van der Waals surface area contributed by atoms with Crippen molar-refractivity contribution in [3.05, 3.63) is 71.8 Å². The molecule has 0 unspecified atom stereocenters. The Morgan fingerprint density at radius 3 is 2.23 bits per heavy atom. The van der Waals surface area contributed by atoms with E-state index in [0.717, 1.165) is 16.9 Å². The summed E-state index contributed by atoms with van der Waals surface area (Å²) in [6.45, 7) is 3.24. The zero-order valence-electron chi connectivity index (χ0n) is 16.9. The maximum atomic E-state index is 11.9. The lowest BCUT2D eigenvalue weighted by atomic mass is 10.1. The number of esters is 1. The van der Waals surface area contributed by atoms with E-state index in [0.29, 0.717) is 19.8 Å². The van der Waals surface area contributed by atoms with Crippen LogP contribution in [-0.4, -0.2) is 48.0 Å². The van der Waals surface area contributed by atoms with Gasteiger partial charge in [0.2, 0.25) is 0 Å². The van der Waals surface area contributed by atoms with E-state index in [1.54, 1.807) is 11.8 Å². The molecule has 1 heterocycles. The fourth-order valence-electron chi connectivity index (χ4n) is 3.27. The molecular weight excluding hydrogens is 424 g/mol. The van der Waals surface area contributed by atoms with E-state index >= 15 is 0 Å². The van der Waals surface area contributed by atoms with Crippen LogP contribution < -0.4 is 0 Å². The van der Waals surface area contributed by atoms with Crippen LogP contribution in [0.25, 0.3) is 0 Å². The molecule has 3 rings (SSSR count). The molecular formula is C23H27ClO5S. The fourth-order valence-corrected chi connectivity index (χ4v) is 4.28. The highest BCUT2D eigenvalue weighted by atomic mass is 35.5. The Bertz CT molecular complexity index is 761. The van der Waals surface area contributed by atoms with Crippen LogP contribution in [0.15, 0.2) is 60.7 Å². The first-order valence-electron chi connectivity index (χ1n) is 10.0. The average Bonchev–Trinajstić information content (AvgIpc) is 3.09. The van der Waals surface area contributed by atoms with Crippen molar-refractivity contribution in [2.75, 3.05) is 18.2 Å². The SMILES string of the molecule is CCS[C@H]1O[C@H](COCc2ccccc2)[C@@H](OCc2ccccc2)[C@@H]1OC(=O)CCl. The van der Waals surface area contributed by atoms with E-state index < -0.39 is 18.2 Å². The third-order valence-corrected chi connectivity index (χ3v) is 5.91. The summed E-state index contributed by atoms with van der Waals surface area (Å²) in [4.78, 5) is 11.9. The van der Waals surface area contributed by atoms with Crippen LogP contribution in [0.5, 0.6) is 0 Å². The number of rotatable bonds is 11. The summed E-state index contributed by atoms with van der Waals surface area (Å²) in [5, 5.41) is 0. The van der Waals surface area contributed by atoms with Crippen molar-refractivity contribution in [1.29, 1.82) is 0 Å². The van der Waals surface area contributed by atoms with Crippen molar-refractivity contribution >= 4 is 29.3 Å². The summed E-state index contributed by atoms with van der Waals surface area (Å²) in [7, 11) is 0. The second kappa shape index (κ2) is 12.3. The van der Waals surface area contributed by atoms with Crippen molar-refractivity contribution in [2.45, 2.75) is 43.9 Å². The van der Waals surface area contributed by atoms with Crippen molar-refractivity contribution in [1.82, 2.24) is 0 Å². The quantitative estimate of drug-likeness (QED) is 0.373. The van der Waals surface area contributed by atoms with Gasteiger partial charge in [0.25, 0.3) is 0 Å². The molecule has 0 saturated carbocycles. The summed E-state index contributed by atoms with van der Waals surface area (Å²) < 4.78 is 23.9. The number of benzene rings is 2. The summed E-state index contributed by atoms with van der Waals surface area (Å²) in [6, 6.07) is 19.8. The number of thioether (sulfide) groups is 1. The maximum Gasteiger partial charge on any atom is 0.321 e. The second-order valence-corrected chi connectivity index (χ2v) is 8.49. The lowest BCUT2D eigenvalue weighted by Crippen LogP contribution is -2.40. The van der Waals surface area contributed by atoms with E-state index in [2.05, 4.69) is 0 Å². The van der Waals surface area contributed by atoms with E-state index in [1.807, 2.05) is 67.6 Å². The normalized spacial score (nSPS) is 23.4. The zero-order chi connectivity index (χ0) is 21.2. The monoisotopic (exact) mass is 450 g/mol. The van der Waals surface area contributed by atoms with Crippen LogP contribution in [0.4, 0.5) is 0 Å². The minimum absolute atomic E-state index is 0.208. The van der Waals surface area contributed by atoms with Gasteiger partial charge < -0.3 is 18.9 Å². The molecule has 162 valence electrons. The van der Waals surface area contributed by atoms with Crippen LogP contribution >= 0.6 is 23.4 Å². The van der Waals surface area contributed by atoms with Crippen molar-refractivity contribution in [3.8, 4) is 0 Å². The first kappa shape index (κ1) is 23.1. The molecule has 0 aromatic heterocycles. The molecule has 1 saturated heterocycles. The first-order valence-corrected chi connectivity index (χ1v) is 11.6. The predicted octanol–water partition coefficient (Wildman–Crippen LogP) is 4.42. The Morgan fingerprint density at radius 1 is 1.00 bits per heavy atom. The van der Waals surface area contributed by atoms with Crippen molar-refractivity contribution in [2.24, 2.45) is 0 Å². The Labute approximate surface area is 187 Å². The van der Waals surface area contributed by atoms with E-state index in [4.69, 9.17) is 30.5 Å². The molecule has 0 amide bonds. The zero-order valence-corrected chi connectivity index (χ0v) is 18.5. The fraction of sp³-hybridized carbons (Fsp3) is 0.435. The molecule has 1 aliphatic heterocycles. The lowest BCUT2D eigenvalue weighted by Gasteiger charge is -2.24. The molecule has 7 heteroatoms. The molecule has 0 aliphatic carbocycles. The molecule has 30 heavy (non-hydrogen) atoms. The Morgan fingerprint density at radius 2 is 1.63 bits per heavy atom. The minimum atomic E-state index is -0.546. The van der Waals surface area contributed by atoms with Gasteiger partial charge in [0.05, 0.1) is 19.8 Å². The highest BCUT2D eigenvalue weighted by Gasteiger charge is 2.48. The molecule has 0 bridgehead atoms. The van der Waals surface area contributed by atoms with Gasteiger partial charge >= 0.3 is 5.97 Å². The largest absolute Gasteiger partial charge is 0.455 e. The number of halogens is 1. The number of hydrogen-bond acceptors (Lipinski definition) is 6. The Balaban J connectivity index is 1.68. The van der Waals surface area contributed by atoms with Crippen LogP contribution in [-0.2, 0) is 37.0 Å². The number of carbonyl (C=O) groups is 1. The Hall–Kier alpha value is -1.57. The molecule has 1 aliphatic rings. The van der Waals surface area contributed by atoms with Crippen molar-refractivity contribution in [3.63, 3.8) is 0 Å². The smallest absolute Gasteiger partial charge is 0.321 e. The number of carbonyl (C=O) groups excluding carboxylic acids is 1. The van der Waals surface area contributed by atoms with Crippen LogP contribution in [0, 0.1) is 0 Å². The standard InChI is InChI=1S/C23H27ClO5S/c1-2-30-23-22(29-20(25)13-24)21(27-15-18-11-7-4-8-12-18)19(28-23)16-26-14-17-9-5-3-6-10-17/h3-12,19,21-23H,2,13-16H2,1H3/t19-,21-,22+,23-/m1/s1. The highest BCUT2D eigenvalue weighted by molar-refractivity contribution is 7.99. The van der Waals surface area contributed by atoms with Gasteiger partial charge in [-0.1, -0.05) is 67.6 Å². The summed E-state index contributed by atoms with van der Waals surface area (Å²) in [5.41, 5.74) is 1.80. The number of hydrogen-bond donors (Lipinski definition) is 0. The van der Waals surface area contributed by atoms with Gasteiger partial charge in [-0.3, -0.25) is 4.79 Å². The summed E-state index contributed by atoms with van der Waals surface area (Å²) >= 11 is 7.26. The van der Waals surface area contributed by atoms with Gasteiger partial charge in [0, 0.05) is 0 Å². The van der Waals surface area contributed by atoms with Crippen LogP contribution in [0.3, 0.4) is 0 Å². The van der Waals surface area contributed by atoms with Gasteiger partial charge in [0.1, 0.15) is 23.5 Å². The molecule has 0 spiro atoms. The number of alkyl halides is 1. The molecule has 1 fully saturated rings. The van der Waals surface area contributed by atoms with E-state index in [-0.39, 0.29) is 17.4 Å². The van der Waals surface area contributed by atoms with Crippen LogP contribution in [0.1, 0.15) is 18.1 Å². The van der Waals surface area contributed by atoms with Gasteiger partial charge in [-0.2, -0.15) is 0 Å². The third kappa shape index (κ3) is 6.72. The Kier molecular flexibility index (Phi) is 9.49. The summed E-state index contributed by atoms with van der Waals surface area (Å²) in [5.74, 6) is 0.134. The predicted molar refractivity (Wildman–Crippen MR) is 119 cm³/mol. The van der Waals surface area contributed by atoms with Crippen molar-refractivity contribution < 1.29 is 23.7 Å². The molecule has 4 atom stereocenters. The van der Waals surface area contributed by atoms with E-state index in [9.17, 15) is 4.79 Å². The number of ether oxygens (including phenoxy) is 4.